The lowest BCUT2D eigenvalue weighted by atomic mass is 9.91. The number of rotatable bonds is 17. The molecule has 1 saturated heterocycles. The molecule has 0 saturated carbocycles. The van der Waals surface area contributed by atoms with Crippen LogP contribution in [-0.2, 0) is 42.8 Å². The van der Waals surface area contributed by atoms with Gasteiger partial charge in [0.25, 0.3) is 5.60 Å². The van der Waals surface area contributed by atoms with Crippen LogP contribution in [-0.4, -0.2) is 88.7 Å². The van der Waals surface area contributed by atoms with Crippen LogP contribution in [0.1, 0.15) is 106 Å². The average Bonchev–Trinajstić information content (AvgIpc) is 3.17. The Morgan fingerprint density at radius 1 is 0.942 bits per heavy atom. The molecule has 0 aromatic carbocycles. The summed E-state index contributed by atoms with van der Waals surface area (Å²) >= 11 is 0. The molecule has 1 aliphatic rings. The van der Waals surface area contributed by atoms with Crippen LogP contribution in [0.3, 0.4) is 0 Å². The summed E-state index contributed by atoms with van der Waals surface area (Å²) in [6, 6.07) is 1.03. The summed E-state index contributed by atoms with van der Waals surface area (Å²) in [6.07, 6.45) is -0.740. The molecule has 0 spiro atoms. The van der Waals surface area contributed by atoms with Crippen LogP contribution in [0.25, 0.3) is 0 Å². The number of alkyl halides is 5. The van der Waals surface area contributed by atoms with E-state index < -0.39 is 87.6 Å². The predicted octanol–water partition coefficient (Wildman–Crippen LogP) is 5.12. The van der Waals surface area contributed by atoms with Crippen molar-refractivity contribution in [1.29, 1.82) is 0 Å². The van der Waals surface area contributed by atoms with Crippen LogP contribution in [0, 0.1) is 0 Å². The highest BCUT2D eigenvalue weighted by atomic mass is 32.2. The van der Waals surface area contributed by atoms with Crippen LogP contribution in [0.15, 0.2) is 17.1 Å². The molecule has 1 aromatic heterocycles. The minimum atomic E-state index is -5.59. The zero-order chi connectivity index (χ0) is 39.8. The van der Waals surface area contributed by atoms with E-state index in [-0.39, 0.29) is 18.7 Å². The van der Waals surface area contributed by atoms with Gasteiger partial charge in [0.1, 0.15) is 29.7 Å². The largest absolute Gasteiger partial charge is 0.523 e. The van der Waals surface area contributed by atoms with Gasteiger partial charge in [-0.25, -0.2) is 14.4 Å². The van der Waals surface area contributed by atoms with Crippen LogP contribution in [0.4, 0.5) is 32.6 Å². The Morgan fingerprint density at radius 3 is 2.00 bits per heavy atom. The molecule has 21 heteroatoms. The molecule has 2 N–H and O–H groups in total. The topological polar surface area (TPSA) is 199 Å². The lowest BCUT2D eigenvalue weighted by molar-refractivity contribution is -0.220. The molecule has 298 valence electrons. The molecular formula is C31H46F5N3O12S. The highest BCUT2D eigenvalue weighted by Crippen LogP contribution is 2.50. The summed E-state index contributed by atoms with van der Waals surface area (Å²) in [6.45, 7) is 6.98. The molecule has 1 aliphatic heterocycles. The number of aromatic nitrogens is 2. The van der Waals surface area contributed by atoms with Crippen molar-refractivity contribution in [2.24, 2.45) is 0 Å². The standard InChI is InChI=1S/C31H46F5N3O12S/c1-27(2,3)50-24(41)29(44)20(19-47-26(43)51-28(4,5)6)49-23(30(29,32)33)39-17-16-21(38-25(39)42)37-22(40)15-13-11-9-7-8-10-12-14-18-48-52(45,46)31(34,35)36/h16-17,20,23,44H,7-15,18-19H2,1-6H3,(H,37,38,40,42)/t20-,23-,29+/m1/s1. The quantitative estimate of drug-likeness (QED) is 0.0696. The van der Waals surface area contributed by atoms with Gasteiger partial charge in [-0.15, -0.1) is 0 Å². The Morgan fingerprint density at radius 2 is 1.48 bits per heavy atom. The lowest BCUT2D eigenvalue weighted by Gasteiger charge is -2.33. The van der Waals surface area contributed by atoms with Crippen LogP contribution in [0.2, 0.25) is 0 Å². The first-order valence-corrected chi connectivity index (χ1v) is 17.8. The van der Waals surface area contributed by atoms with Gasteiger partial charge in [0, 0.05) is 12.6 Å². The summed E-state index contributed by atoms with van der Waals surface area (Å²) in [5.41, 5.74) is -12.9. The van der Waals surface area contributed by atoms with Crippen LogP contribution in [0.5, 0.6) is 0 Å². The molecule has 52 heavy (non-hydrogen) atoms. The maximum Gasteiger partial charge on any atom is 0.523 e. The van der Waals surface area contributed by atoms with Crippen molar-refractivity contribution >= 4 is 34.0 Å². The Bertz CT molecular complexity index is 1560. The first-order chi connectivity index (χ1) is 23.7. The lowest BCUT2D eigenvalue weighted by Crippen LogP contribution is -2.61. The first-order valence-electron chi connectivity index (χ1n) is 16.4. The molecule has 0 radical (unpaired) electrons. The van der Waals surface area contributed by atoms with Gasteiger partial charge in [-0.2, -0.15) is 35.4 Å². The second kappa shape index (κ2) is 17.6. The van der Waals surface area contributed by atoms with E-state index >= 15 is 8.78 Å². The van der Waals surface area contributed by atoms with Gasteiger partial charge in [-0.3, -0.25) is 13.5 Å². The number of aliphatic hydroxyl groups is 1. The number of halogens is 5. The molecule has 0 aliphatic carbocycles. The maximum absolute atomic E-state index is 15.9. The van der Waals surface area contributed by atoms with E-state index in [0.29, 0.717) is 30.3 Å². The van der Waals surface area contributed by atoms with E-state index in [1.807, 2.05) is 0 Å². The van der Waals surface area contributed by atoms with Gasteiger partial charge >= 0.3 is 39.4 Å². The number of amides is 1. The van der Waals surface area contributed by atoms with E-state index in [0.717, 1.165) is 31.5 Å². The smallest absolute Gasteiger partial charge is 0.458 e. The number of anilines is 1. The molecule has 15 nitrogen and oxygen atoms in total. The predicted molar refractivity (Wildman–Crippen MR) is 171 cm³/mol. The third-order valence-electron chi connectivity index (χ3n) is 7.20. The molecule has 0 unspecified atom stereocenters. The third-order valence-corrected chi connectivity index (χ3v) is 8.24. The van der Waals surface area contributed by atoms with Crippen molar-refractivity contribution in [3.63, 3.8) is 0 Å². The summed E-state index contributed by atoms with van der Waals surface area (Å²) in [5.74, 6) is -7.14. The second-order valence-electron chi connectivity index (χ2n) is 14.0. The molecule has 1 aromatic rings. The highest BCUT2D eigenvalue weighted by Gasteiger charge is 2.75. The molecular weight excluding hydrogens is 733 g/mol. The summed E-state index contributed by atoms with van der Waals surface area (Å²) in [4.78, 5) is 53.9. The fraction of sp³-hybridized carbons (Fsp3) is 0.774. The number of hydrogen-bond acceptors (Lipinski definition) is 13. The molecule has 1 amide bonds. The Balaban J connectivity index is 1.94. The van der Waals surface area contributed by atoms with E-state index in [1.54, 1.807) is 0 Å². The van der Waals surface area contributed by atoms with Crippen molar-refractivity contribution in [3.05, 3.63) is 22.7 Å². The fourth-order valence-electron chi connectivity index (χ4n) is 4.74. The fourth-order valence-corrected chi connectivity index (χ4v) is 5.21. The van der Waals surface area contributed by atoms with E-state index in [1.165, 1.54) is 41.5 Å². The molecule has 3 atom stereocenters. The average molecular weight is 780 g/mol. The number of hydrogen-bond donors (Lipinski definition) is 2. The van der Waals surface area contributed by atoms with Gasteiger partial charge in [0.2, 0.25) is 12.1 Å². The summed E-state index contributed by atoms with van der Waals surface area (Å²) < 4.78 is 115. The van der Waals surface area contributed by atoms with Crippen molar-refractivity contribution in [3.8, 4) is 0 Å². The van der Waals surface area contributed by atoms with Gasteiger partial charge < -0.3 is 29.4 Å². The van der Waals surface area contributed by atoms with Crippen molar-refractivity contribution in [1.82, 2.24) is 9.55 Å². The Hall–Kier alpha value is -3.43. The van der Waals surface area contributed by atoms with Crippen LogP contribution < -0.4 is 11.0 Å². The number of ether oxygens (including phenoxy) is 4. The Labute approximate surface area is 297 Å². The molecule has 0 bridgehead atoms. The van der Waals surface area contributed by atoms with Crippen molar-refractivity contribution < 1.29 is 73.0 Å². The van der Waals surface area contributed by atoms with Crippen LogP contribution >= 0.6 is 0 Å². The Kier molecular flexibility index (Phi) is 15.1. The highest BCUT2D eigenvalue weighted by molar-refractivity contribution is 7.87. The van der Waals surface area contributed by atoms with E-state index in [9.17, 15) is 45.9 Å². The monoisotopic (exact) mass is 779 g/mol. The number of nitrogens with one attached hydrogen (secondary N) is 1. The summed E-state index contributed by atoms with van der Waals surface area (Å²) in [7, 11) is -5.59. The number of carbonyl (C=O) groups is 3. The van der Waals surface area contributed by atoms with Gasteiger partial charge in [0.15, 0.2) is 0 Å². The van der Waals surface area contributed by atoms with E-state index in [2.05, 4.69) is 14.5 Å². The minimum Gasteiger partial charge on any atom is -0.458 e. The molecule has 2 heterocycles. The normalized spacial score (nSPS) is 20.7. The number of nitrogens with zero attached hydrogens (tertiary/aromatic N) is 2. The zero-order valence-corrected chi connectivity index (χ0v) is 30.5. The molecule has 1 fully saturated rings. The second-order valence-corrected chi connectivity index (χ2v) is 15.6. The minimum absolute atomic E-state index is 0.0296. The maximum atomic E-state index is 15.9. The van der Waals surface area contributed by atoms with E-state index in [4.69, 9.17) is 18.9 Å². The first kappa shape index (κ1) is 44.7. The SMILES string of the molecule is CC(C)(C)OC(=O)OC[C@H]1O[C@@H](n2ccc(NC(=O)CCCCCCCCCCOS(=O)(=O)C(F)(F)F)nc2=O)C(F)(F)[C@@]1(O)C(=O)OC(C)(C)C. The van der Waals surface area contributed by atoms with Crippen molar-refractivity contribution in [2.45, 2.75) is 140 Å². The van der Waals surface area contributed by atoms with Gasteiger partial charge in [0.05, 0.1) is 6.61 Å². The van der Waals surface area contributed by atoms with Crippen molar-refractivity contribution in [2.75, 3.05) is 18.5 Å². The zero-order valence-electron chi connectivity index (χ0n) is 29.7. The number of esters is 1. The summed E-state index contributed by atoms with van der Waals surface area (Å²) in [5, 5.41) is 13.5. The number of carbonyl (C=O) groups excluding carboxylic acids is 3. The molecule has 2 rings (SSSR count). The third kappa shape index (κ3) is 12.6. The van der Waals surface area contributed by atoms with Gasteiger partial charge in [-0.05, 0) is 60.5 Å². The van der Waals surface area contributed by atoms with Gasteiger partial charge in [-0.1, -0.05) is 38.5 Å². The number of unbranched alkanes of at least 4 members (excludes halogenated alkanes) is 7.